The highest BCUT2D eigenvalue weighted by Crippen LogP contribution is 2.30. The molecule has 0 spiro atoms. The van der Waals surface area contributed by atoms with Gasteiger partial charge in [-0.1, -0.05) is 12.1 Å². The van der Waals surface area contributed by atoms with Crippen LogP contribution in [0.25, 0.3) is 0 Å². The van der Waals surface area contributed by atoms with Crippen LogP contribution in [0.4, 0.5) is 5.69 Å². The average molecular weight is 233 g/mol. The van der Waals surface area contributed by atoms with Crippen molar-refractivity contribution in [2.45, 2.75) is 19.8 Å². The molecule has 1 aromatic carbocycles. The van der Waals surface area contributed by atoms with Crippen LogP contribution >= 0.6 is 0 Å². The highest BCUT2D eigenvalue weighted by atomic mass is 16.5. The quantitative estimate of drug-likeness (QED) is 0.748. The molecule has 4 heteroatoms. The fraction of sp³-hybridized carbons (Fsp3) is 0.385. The first-order chi connectivity index (χ1) is 8.22. The molecule has 0 N–H and O–H groups in total. The summed E-state index contributed by atoms with van der Waals surface area (Å²) in [4.78, 5) is 24.6. The lowest BCUT2D eigenvalue weighted by Gasteiger charge is -2.27. The minimum Gasteiger partial charge on any atom is -0.492 e. The van der Waals surface area contributed by atoms with Gasteiger partial charge in [-0.05, 0) is 19.1 Å². The number of carbonyl (C=O) groups excluding carboxylic acids is 2. The summed E-state index contributed by atoms with van der Waals surface area (Å²) in [5, 5.41) is 0. The molecule has 4 nitrogen and oxygen atoms in total. The molecule has 0 aromatic heterocycles. The van der Waals surface area contributed by atoms with Gasteiger partial charge in [0.15, 0.2) is 0 Å². The van der Waals surface area contributed by atoms with Gasteiger partial charge in [-0.2, -0.15) is 0 Å². The monoisotopic (exact) mass is 233 g/mol. The Morgan fingerprint density at radius 3 is 2.76 bits per heavy atom. The number of ether oxygens (including phenoxy) is 1. The van der Waals surface area contributed by atoms with Gasteiger partial charge in [-0.3, -0.25) is 9.59 Å². The molecule has 1 aromatic rings. The smallest absolute Gasteiger partial charge is 0.234 e. The van der Waals surface area contributed by atoms with Crippen LogP contribution in [0.2, 0.25) is 0 Å². The summed E-state index contributed by atoms with van der Waals surface area (Å²) >= 11 is 0. The molecule has 1 amide bonds. The van der Waals surface area contributed by atoms with E-state index in [-0.39, 0.29) is 18.1 Å². The van der Waals surface area contributed by atoms with E-state index >= 15 is 0 Å². The lowest BCUT2D eigenvalue weighted by Crippen LogP contribution is -2.39. The Hall–Kier alpha value is -1.84. The average Bonchev–Trinajstić information content (AvgIpc) is 2.31. The number of amides is 1. The SMILES string of the molecule is CCOc1ccccc1N1CCC(=O)CC1=O. The first kappa shape index (κ1) is 11.6. The number of benzene rings is 1. The van der Waals surface area contributed by atoms with E-state index in [1.165, 1.54) is 0 Å². The topological polar surface area (TPSA) is 46.6 Å². The van der Waals surface area contributed by atoms with Gasteiger partial charge in [0.2, 0.25) is 5.91 Å². The summed E-state index contributed by atoms with van der Waals surface area (Å²) in [6.45, 7) is 2.90. The fourth-order valence-electron chi connectivity index (χ4n) is 1.93. The molecule has 1 saturated heterocycles. The van der Waals surface area contributed by atoms with Gasteiger partial charge in [-0.25, -0.2) is 0 Å². The van der Waals surface area contributed by atoms with Crippen LogP contribution in [-0.2, 0) is 9.59 Å². The number of para-hydroxylation sites is 2. The molecular formula is C13H15NO3. The van der Waals surface area contributed by atoms with Gasteiger partial charge in [0, 0.05) is 13.0 Å². The second-order valence-corrected chi connectivity index (χ2v) is 3.91. The molecule has 1 aliphatic rings. The second-order valence-electron chi connectivity index (χ2n) is 3.91. The lowest BCUT2D eigenvalue weighted by atomic mass is 10.1. The highest BCUT2D eigenvalue weighted by molar-refractivity contribution is 6.09. The molecule has 0 radical (unpaired) electrons. The van der Waals surface area contributed by atoms with Gasteiger partial charge in [0.1, 0.15) is 11.5 Å². The maximum absolute atomic E-state index is 11.8. The molecule has 0 saturated carbocycles. The van der Waals surface area contributed by atoms with Crippen LogP contribution in [-0.4, -0.2) is 24.8 Å². The third-order valence-electron chi connectivity index (χ3n) is 2.72. The molecule has 0 unspecified atom stereocenters. The zero-order valence-corrected chi connectivity index (χ0v) is 9.81. The van der Waals surface area contributed by atoms with E-state index in [1.54, 1.807) is 4.90 Å². The van der Waals surface area contributed by atoms with Crippen molar-refractivity contribution in [3.63, 3.8) is 0 Å². The molecule has 1 aliphatic heterocycles. The number of anilines is 1. The number of piperidine rings is 1. The van der Waals surface area contributed by atoms with Crippen LogP contribution in [0.1, 0.15) is 19.8 Å². The Morgan fingerprint density at radius 2 is 2.06 bits per heavy atom. The number of rotatable bonds is 3. The third-order valence-corrected chi connectivity index (χ3v) is 2.72. The lowest BCUT2D eigenvalue weighted by molar-refractivity contribution is -0.128. The van der Waals surface area contributed by atoms with E-state index in [1.807, 2.05) is 31.2 Å². The number of Topliss-reactive ketones (excluding diaryl/α,β-unsaturated/α-hetero) is 1. The van der Waals surface area contributed by atoms with Crippen molar-refractivity contribution in [1.29, 1.82) is 0 Å². The van der Waals surface area contributed by atoms with Crippen molar-refractivity contribution < 1.29 is 14.3 Å². The van der Waals surface area contributed by atoms with Crippen LogP contribution in [0.15, 0.2) is 24.3 Å². The summed E-state index contributed by atoms with van der Waals surface area (Å²) in [5.74, 6) is 0.561. The Morgan fingerprint density at radius 1 is 1.29 bits per heavy atom. The van der Waals surface area contributed by atoms with E-state index in [9.17, 15) is 9.59 Å². The van der Waals surface area contributed by atoms with Crippen molar-refractivity contribution in [3.05, 3.63) is 24.3 Å². The third kappa shape index (κ3) is 2.46. The van der Waals surface area contributed by atoms with Gasteiger partial charge in [-0.15, -0.1) is 0 Å². The van der Waals surface area contributed by atoms with E-state index in [4.69, 9.17) is 4.74 Å². The van der Waals surface area contributed by atoms with Crippen molar-refractivity contribution in [3.8, 4) is 5.75 Å². The molecule has 1 fully saturated rings. The molecular weight excluding hydrogens is 218 g/mol. The first-order valence-corrected chi connectivity index (χ1v) is 5.76. The normalized spacial score (nSPS) is 16.2. The molecule has 0 aliphatic carbocycles. The van der Waals surface area contributed by atoms with E-state index < -0.39 is 0 Å². The van der Waals surface area contributed by atoms with Crippen molar-refractivity contribution in [2.24, 2.45) is 0 Å². The molecule has 0 atom stereocenters. The summed E-state index contributed by atoms with van der Waals surface area (Å²) < 4.78 is 5.49. The molecule has 2 rings (SSSR count). The van der Waals surface area contributed by atoms with Gasteiger partial charge in [0.25, 0.3) is 0 Å². The number of ketones is 1. The number of hydrogen-bond acceptors (Lipinski definition) is 3. The maximum Gasteiger partial charge on any atom is 0.234 e. The Bertz CT molecular complexity index is 442. The zero-order valence-electron chi connectivity index (χ0n) is 9.81. The number of hydrogen-bond donors (Lipinski definition) is 0. The van der Waals surface area contributed by atoms with Crippen LogP contribution in [0, 0.1) is 0 Å². The van der Waals surface area contributed by atoms with Gasteiger partial charge >= 0.3 is 0 Å². The fourth-order valence-corrected chi connectivity index (χ4v) is 1.93. The molecule has 17 heavy (non-hydrogen) atoms. The van der Waals surface area contributed by atoms with Gasteiger partial charge < -0.3 is 9.64 Å². The highest BCUT2D eigenvalue weighted by Gasteiger charge is 2.26. The van der Waals surface area contributed by atoms with E-state index in [0.717, 1.165) is 5.69 Å². The minimum absolute atomic E-state index is 0.000456. The number of nitrogens with zero attached hydrogens (tertiary/aromatic N) is 1. The van der Waals surface area contributed by atoms with E-state index in [2.05, 4.69) is 0 Å². The van der Waals surface area contributed by atoms with Crippen LogP contribution in [0.3, 0.4) is 0 Å². The summed E-state index contributed by atoms with van der Waals surface area (Å²) in [7, 11) is 0. The number of carbonyl (C=O) groups is 2. The van der Waals surface area contributed by atoms with Crippen LogP contribution < -0.4 is 9.64 Å². The maximum atomic E-state index is 11.8. The Labute approximate surface area is 100 Å². The predicted octanol–water partition coefficient (Wildman–Crippen LogP) is 1.78. The second kappa shape index (κ2) is 4.99. The van der Waals surface area contributed by atoms with Crippen molar-refractivity contribution in [2.75, 3.05) is 18.1 Å². The standard InChI is InChI=1S/C13H15NO3/c1-2-17-12-6-4-3-5-11(12)14-8-7-10(15)9-13(14)16/h3-6H,2,7-9H2,1H3. The minimum atomic E-state index is -0.145. The van der Waals surface area contributed by atoms with Crippen LogP contribution in [0.5, 0.6) is 5.75 Å². The van der Waals surface area contributed by atoms with E-state index in [0.29, 0.717) is 25.3 Å². The largest absolute Gasteiger partial charge is 0.492 e. The zero-order chi connectivity index (χ0) is 12.3. The molecule has 0 bridgehead atoms. The predicted molar refractivity (Wildman–Crippen MR) is 64.2 cm³/mol. The summed E-state index contributed by atoms with van der Waals surface area (Å²) in [5.41, 5.74) is 0.756. The summed E-state index contributed by atoms with van der Waals surface area (Å²) in [6.07, 6.45) is 0.423. The van der Waals surface area contributed by atoms with Gasteiger partial charge in [0.05, 0.1) is 18.7 Å². The molecule has 90 valence electrons. The first-order valence-electron chi connectivity index (χ1n) is 5.76. The summed E-state index contributed by atoms with van der Waals surface area (Å²) in [6, 6.07) is 7.41. The molecule has 1 heterocycles. The van der Waals surface area contributed by atoms with Crippen molar-refractivity contribution in [1.82, 2.24) is 0 Å². The Balaban J connectivity index is 2.27. The Kier molecular flexibility index (Phi) is 3.42. The van der Waals surface area contributed by atoms with Crippen molar-refractivity contribution >= 4 is 17.4 Å².